The minimum absolute atomic E-state index is 0.864. The fourth-order valence-electron chi connectivity index (χ4n) is 2.63. The van der Waals surface area contributed by atoms with Crippen LogP contribution in [0, 0.1) is 5.92 Å². The monoisotopic (exact) mass is 325 g/mol. The van der Waals surface area contributed by atoms with E-state index in [4.69, 9.17) is 0 Å². The number of hydrogen-bond donors (Lipinski definition) is 1. The first kappa shape index (κ1) is 14.9. The number of pyridine rings is 1. The Morgan fingerprint density at radius 2 is 2.16 bits per heavy atom. The Morgan fingerprint density at radius 1 is 1.37 bits per heavy atom. The number of likely N-dealkylation sites (tertiary alicyclic amines) is 1. The molecule has 1 saturated heterocycles. The van der Waals surface area contributed by atoms with Gasteiger partial charge in [0.2, 0.25) is 0 Å². The molecular formula is C15H24BrN3. The van der Waals surface area contributed by atoms with Crippen LogP contribution in [0.5, 0.6) is 0 Å². The van der Waals surface area contributed by atoms with Crippen LogP contribution in [-0.4, -0.2) is 36.1 Å². The molecule has 2 rings (SSSR count). The van der Waals surface area contributed by atoms with Crippen molar-refractivity contribution in [2.24, 2.45) is 5.92 Å². The number of aromatic nitrogens is 1. The van der Waals surface area contributed by atoms with Gasteiger partial charge in [-0.15, -0.1) is 0 Å². The lowest BCUT2D eigenvalue weighted by molar-refractivity contribution is 0.175. The Kier molecular flexibility index (Phi) is 6.28. The first-order chi connectivity index (χ1) is 9.28. The molecule has 2 heterocycles. The molecule has 1 aromatic heterocycles. The summed E-state index contributed by atoms with van der Waals surface area (Å²) in [6.07, 6.45) is 7.68. The van der Waals surface area contributed by atoms with Gasteiger partial charge in [-0.05, 0) is 78.9 Å². The van der Waals surface area contributed by atoms with E-state index in [-0.39, 0.29) is 0 Å². The number of nitrogens with one attached hydrogen (secondary N) is 1. The van der Waals surface area contributed by atoms with Crippen molar-refractivity contribution in [3.8, 4) is 0 Å². The molecule has 1 fully saturated rings. The van der Waals surface area contributed by atoms with Crippen LogP contribution in [0.2, 0.25) is 0 Å². The van der Waals surface area contributed by atoms with Crippen LogP contribution in [0.1, 0.15) is 31.7 Å². The summed E-state index contributed by atoms with van der Waals surface area (Å²) in [5, 5.41) is 3.54. The third-order valence-corrected chi connectivity index (χ3v) is 4.17. The fourth-order valence-corrected chi connectivity index (χ4v) is 3.04. The predicted octanol–water partition coefficient (Wildman–Crippen LogP) is 3.06. The molecule has 0 saturated carbocycles. The average Bonchev–Trinajstić information content (AvgIpc) is 2.41. The zero-order valence-corrected chi connectivity index (χ0v) is 13.3. The Labute approximate surface area is 124 Å². The van der Waals surface area contributed by atoms with E-state index in [1.54, 1.807) is 0 Å². The first-order valence-corrected chi connectivity index (χ1v) is 8.09. The molecule has 1 aliphatic heterocycles. The number of nitrogens with zero attached hydrogens (tertiary/aromatic N) is 2. The predicted molar refractivity (Wildman–Crippen MR) is 83.1 cm³/mol. The van der Waals surface area contributed by atoms with Crippen molar-refractivity contribution in [1.29, 1.82) is 0 Å². The quantitative estimate of drug-likeness (QED) is 0.815. The second kappa shape index (κ2) is 7.98. The van der Waals surface area contributed by atoms with Crippen LogP contribution < -0.4 is 5.32 Å². The van der Waals surface area contributed by atoms with Crippen molar-refractivity contribution in [3.05, 3.63) is 28.5 Å². The summed E-state index contributed by atoms with van der Waals surface area (Å²) in [5.74, 6) is 0.864. The molecule has 1 aliphatic rings. The number of hydrogen-bond acceptors (Lipinski definition) is 3. The minimum atomic E-state index is 0.864. The molecule has 0 amide bonds. The standard InChI is InChI=1S/C15H24BrN3/c1-2-5-17-9-13-3-6-19(7-4-13)12-14-8-15(16)11-18-10-14/h8,10-11,13,17H,2-7,9,12H2,1H3. The van der Waals surface area contributed by atoms with Crippen LogP contribution in [-0.2, 0) is 6.54 Å². The van der Waals surface area contributed by atoms with Crippen molar-refractivity contribution in [2.45, 2.75) is 32.7 Å². The number of halogens is 1. The Hall–Kier alpha value is -0.450. The zero-order valence-electron chi connectivity index (χ0n) is 11.7. The molecule has 1 aromatic rings. The summed E-state index contributed by atoms with van der Waals surface area (Å²) in [6, 6.07) is 2.17. The van der Waals surface area contributed by atoms with Crippen molar-refractivity contribution in [1.82, 2.24) is 15.2 Å². The molecule has 3 nitrogen and oxygen atoms in total. The van der Waals surface area contributed by atoms with Crippen molar-refractivity contribution in [3.63, 3.8) is 0 Å². The van der Waals surface area contributed by atoms with Gasteiger partial charge in [-0.2, -0.15) is 0 Å². The van der Waals surface area contributed by atoms with Crippen LogP contribution in [0.4, 0.5) is 0 Å². The van der Waals surface area contributed by atoms with Gasteiger partial charge in [0.25, 0.3) is 0 Å². The zero-order chi connectivity index (χ0) is 13.5. The lowest BCUT2D eigenvalue weighted by atomic mass is 9.96. The lowest BCUT2D eigenvalue weighted by Gasteiger charge is -2.32. The summed E-state index contributed by atoms with van der Waals surface area (Å²) in [4.78, 5) is 6.77. The molecule has 106 valence electrons. The van der Waals surface area contributed by atoms with E-state index < -0.39 is 0 Å². The van der Waals surface area contributed by atoms with Gasteiger partial charge in [0.15, 0.2) is 0 Å². The second-order valence-electron chi connectivity index (χ2n) is 5.44. The Morgan fingerprint density at radius 3 is 2.84 bits per heavy atom. The summed E-state index contributed by atoms with van der Waals surface area (Å²) < 4.78 is 1.07. The third-order valence-electron chi connectivity index (χ3n) is 3.73. The number of rotatable bonds is 6. The second-order valence-corrected chi connectivity index (χ2v) is 6.35. The van der Waals surface area contributed by atoms with E-state index in [1.165, 1.54) is 44.5 Å². The molecule has 0 bridgehead atoms. The maximum Gasteiger partial charge on any atom is 0.0410 e. The summed E-state index contributed by atoms with van der Waals surface area (Å²) in [7, 11) is 0. The smallest absolute Gasteiger partial charge is 0.0410 e. The highest BCUT2D eigenvalue weighted by molar-refractivity contribution is 9.10. The normalized spacial score (nSPS) is 17.8. The fraction of sp³-hybridized carbons (Fsp3) is 0.667. The number of piperidine rings is 1. The van der Waals surface area contributed by atoms with Crippen LogP contribution in [0.25, 0.3) is 0 Å². The largest absolute Gasteiger partial charge is 0.316 e. The van der Waals surface area contributed by atoms with Crippen molar-refractivity contribution < 1.29 is 0 Å². The van der Waals surface area contributed by atoms with Gasteiger partial charge < -0.3 is 5.32 Å². The molecule has 1 N–H and O–H groups in total. The average molecular weight is 326 g/mol. The highest BCUT2D eigenvalue weighted by atomic mass is 79.9. The summed E-state index contributed by atoms with van der Waals surface area (Å²) >= 11 is 3.48. The molecule has 19 heavy (non-hydrogen) atoms. The summed E-state index contributed by atoms with van der Waals surface area (Å²) in [6.45, 7) is 8.03. The van der Waals surface area contributed by atoms with Crippen molar-refractivity contribution >= 4 is 15.9 Å². The van der Waals surface area contributed by atoms with Gasteiger partial charge in [0, 0.05) is 23.4 Å². The van der Waals surface area contributed by atoms with Gasteiger partial charge in [-0.25, -0.2) is 0 Å². The van der Waals surface area contributed by atoms with E-state index in [2.05, 4.69) is 44.1 Å². The van der Waals surface area contributed by atoms with E-state index in [1.807, 2.05) is 12.4 Å². The lowest BCUT2D eigenvalue weighted by Crippen LogP contribution is -2.37. The highest BCUT2D eigenvalue weighted by Crippen LogP contribution is 2.19. The van der Waals surface area contributed by atoms with E-state index in [9.17, 15) is 0 Å². The minimum Gasteiger partial charge on any atom is -0.316 e. The molecule has 0 aliphatic carbocycles. The van der Waals surface area contributed by atoms with Crippen LogP contribution in [0.15, 0.2) is 22.9 Å². The van der Waals surface area contributed by atoms with Gasteiger partial charge >= 0.3 is 0 Å². The molecule has 0 radical (unpaired) electrons. The van der Waals surface area contributed by atoms with E-state index in [0.717, 1.165) is 23.5 Å². The van der Waals surface area contributed by atoms with Gasteiger partial charge in [0.1, 0.15) is 0 Å². The molecule has 0 aromatic carbocycles. The van der Waals surface area contributed by atoms with Crippen molar-refractivity contribution in [2.75, 3.05) is 26.2 Å². The molecule has 4 heteroatoms. The van der Waals surface area contributed by atoms with Crippen LogP contribution >= 0.6 is 15.9 Å². The SMILES string of the molecule is CCCNCC1CCN(Cc2cncc(Br)c2)CC1. The summed E-state index contributed by atoms with van der Waals surface area (Å²) in [5.41, 5.74) is 1.30. The topological polar surface area (TPSA) is 28.2 Å². The van der Waals surface area contributed by atoms with E-state index >= 15 is 0 Å². The molecule has 0 unspecified atom stereocenters. The molecular weight excluding hydrogens is 302 g/mol. The Balaban J connectivity index is 1.71. The van der Waals surface area contributed by atoms with Gasteiger partial charge in [-0.3, -0.25) is 9.88 Å². The maximum absolute atomic E-state index is 4.23. The first-order valence-electron chi connectivity index (χ1n) is 7.30. The highest BCUT2D eigenvalue weighted by Gasteiger charge is 2.18. The molecule has 0 atom stereocenters. The van der Waals surface area contributed by atoms with Gasteiger partial charge in [-0.1, -0.05) is 6.92 Å². The van der Waals surface area contributed by atoms with E-state index in [0.29, 0.717) is 0 Å². The van der Waals surface area contributed by atoms with Crippen LogP contribution in [0.3, 0.4) is 0 Å². The molecule has 0 spiro atoms. The maximum atomic E-state index is 4.23. The Bertz CT molecular complexity index is 375. The third kappa shape index (κ3) is 5.21. The van der Waals surface area contributed by atoms with Gasteiger partial charge in [0.05, 0.1) is 0 Å².